The number of thiazole rings is 1. The third-order valence-electron chi connectivity index (χ3n) is 2.89. The fourth-order valence-corrected chi connectivity index (χ4v) is 3.62. The van der Waals surface area contributed by atoms with Gasteiger partial charge in [0.2, 0.25) is 5.91 Å². The number of carbonyl (C=O) groups excluding carboxylic acids is 1. The van der Waals surface area contributed by atoms with Crippen molar-refractivity contribution < 1.29 is 13.2 Å². The third kappa shape index (κ3) is 2.99. The second-order valence-electron chi connectivity index (χ2n) is 4.60. The molecule has 0 atom stereocenters. The van der Waals surface area contributed by atoms with Crippen LogP contribution in [-0.2, 0) is 21.7 Å². The van der Waals surface area contributed by atoms with E-state index in [1.54, 1.807) is 22.8 Å². The van der Waals surface area contributed by atoms with Crippen LogP contribution in [0.3, 0.4) is 0 Å². The summed E-state index contributed by atoms with van der Waals surface area (Å²) in [6, 6.07) is 4.94. The molecule has 1 amide bonds. The molecular weight excluding hydrogens is 296 g/mol. The molecule has 0 saturated carbocycles. The van der Waals surface area contributed by atoms with E-state index < -0.39 is 9.84 Å². The number of aromatic nitrogens is 1. The second-order valence-corrected chi connectivity index (χ2v) is 7.63. The highest BCUT2D eigenvalue weighted by atomic mass is 32.2. The van der Waals surface area contributed by atoms with Gasteiger partial charge in [0.05, 0.1) is 15.1 Å². The van der Waals surface area contributed by atoms with Gasteiger partial charge in [-0.2, -0.15) is 4.99 Å². The Balaban J connectivity index is 2.61. The Bertz CT molecular complexity index is 829. The molecule has 1 heterocycles. The first-order chi connectivity index (χ1) is 9.32. The highest BCUT2D eigenvalue weighted by Gasteiger charge is 2.11. The normalized spacial score (nSPS) is 13.1. The Morgan fingerprint density at radius 1 is 1.40 bits per heavy atom. The molecule has 0 spiro atoms. The smallest absolute Gasteiger partial charge is 0.248 e. The summed E-state index contributed by atoms with van der Waals surface area (Å²) >= 11 is 1.32. The van der Waals surface area contributed by atoms with Crippen molar-refractivity contribution >= 4 is 37.3 Å². The molecule has 2 rings (SSSR count). The molecule has 5 nitrogen and oxygen atoms in total. The molecule has 0 N–H and O–H groups in total. The summed E-state index contributed by atoms with van der Waals surface area (Å²) in [5, 5.41) is 0. The van der Waals surface area contributed by atoms with Crippen LogP contribution in [0.4, 0.5) is 0 Å². The van der Waals surface area contributed by atoms with Gasteiger partial charge in [-0.25, -0.2) is 8.42 Å². The van der Waals surface area contributed by atoms with E-state index in [0.29, 0.717) is 11.2 Å². The standard InChI is InChI=1S/C13H16N2O3S2/c1-4-5-12(16)14-13-15(2)10-7-6-9(20(3,17)18)8-11(10)19-13/h6-8H,4-5H2,1-3H3. The summed E-state index contributed by atoms with van der Waals surface area (Å²) in [5.74, 6) is -0.155. The molecule has 0 aliphatic rings. The molecular formula is C13H16N2O3S2. The van der Waals surface area contributed by atoms with Gasteiger partial charge >= 0.3 is 0 Å². The van der Waals surface area contributed by atoms with Crippen LogP contribution in [-0.4, -0.2) is 25.1 Å². The number of hydrogen-bond acceptors (Lipinski definition) is 4. The van der Waals surface area contributed by atoms with Crippen LogP contribution in [0.1, 0.15) is 19.8 Å². The van der Waals surface area contributed by atoms with Crippen LogP contribution >= 0.6 is 11.3 Å². The van der Waals surface area contributed by atoms with Gasteiger partial charge in [-0.15, -0.1) is 0 Å². The minimum Gasteiger partial charge on any atom is -0.319 e. The van der Waals surface area contributed by atoms with Crippen molar-refractivity contribution in [1.82, 2.24) is 4.57 Å². The number of sulfone groups is 1. The predicted octanol–water partition coefficient (Wildman–Crippen LogP) is 1.87. The third-order valence-corrected chi connectivity index (χ3v) is 5.10. The summed E-state index contributed by atoms with van der Waals surface area (Å²) in [6.45, 7) is 1.93. The topological polar surface area (TPSA) is 68.5 Å². The van der Waals surface area contributed by atoms with Crippen LogP contribution in [0.15, 0.2) is 28.1 Å². The fraction of sp³-hybridized carbons (Fsp3) is 0.385. The monoisotopic (exact) mass is 312 g/mol. The minimum atomic E-state index is -3.23. The fourth-order valence-electron chi connectivity index (χ4n) is 1.83. The van der Waals surface area contributed by atoms with Crippen molar-refractivity contribution in [1.29, 1.82) is 0 Å². The number of fused-ring (bicyclic) bond motifs is 1. The molecule has 20 heavy (non-hydrogen) atoms. The van der Waals surface area contributed by atoms with Crippen LogP contribution in [0.25, 0.3) is 10.2 Å². The average Bonchev–Trinajstić information content (AvgIpc) is 2.65. The maximum atomic E-state index is 11.6. The van der Waals surface area contributed by atoms with Crippen LogP contribution in [0, 0.1) is 0 Å². The number of benzene rings is 1. The van der Waals surface area contributed by atoms with E-state index in [1.165, 1.54) is 17.6 Å². The first kappa shape index (κ1) is 14.9. The molecule has 0 unspecified atom stereocenters. The quantitative estimate of drug-likeness (QED) is 0.869. The number of amides is 1. The van der Waals surface area contributed by atoms with E-state index in [9.17, 15) is 13.2 Å². The molecule has 7 heteroatoms. The molecule has 0 fully saturated rings. The lowest BCUT2D eigenvalue weighted by molar-refractivity contribution is -0.118. The largest absolute Gasteiger partial charge is 0.319 e. The van der Waals surface area contributed by atoms with Gasteiger partial charge in [0.15, 0.2) is 14.6 Å². The van der Waals surface area contributed by atoms with Gasteiger partial charge in [0, 0.05) is 19.7 Å². The first-order valence-electron chi connectivity index (χ1n) is 6.20. The van der Waals surface area contributed by atoms with Crippen molar-refractivity contribution in [3.8, 4) is 0 Å². The van der Waals surface area contributed by atoms with Crippen molar-refractivity contribution in [3.05, 3.63) is 23.0 Å². The lowest BCUT2D eigenvalue weighted by Crippen LogP contribution is -2.12. The number of nitrogens with zero attached hydrogens (tertiary/aromatic N) is 2. The van der Waals surface area contributed by atoms with E-state index in [-0.39, 0.29) is 10.8 Å². The Morgan fingerprint density at radius 3 is 2.70 bits per heavy atom. The number of aryl methyl sites for hydroxylation is 1. The Kier molecular flexibility index (Phi) is 4.10. The maximum Gasteiger partial charge on any atom is 0.248 e. The molecule has 0 aliphatic carbocycles. The minimum absolute atomic E-state index is 0.155. The zero-order valence-electron chi connectivity index (χ0n) is 11.6. The Labute approximate surface area is 121 Å². The molecule has 0 bridgehead atoms. The van der Waals surface area contributed by atoms with Crippen LogP contribution in [0.5, 0.6) is 0 Å². The van der Waals surface area contributed by atoms with Crippen molar-refractivity contribution in [2.45, 2.75) is 24.7 Å². The van der Waals surface area contributed by atoms with Gasteiger partial charge in [-0.3, -0.25) is 4.79 Å². The SMILES string of the molecule is CCCC(=O)N=c1sc2cc(S(C)(=O)=O)ccc2n1C. The number of rotatable bonds is 3. The Morgan fingerprint density at radius 2 is 2.10 bits per heavy atom. The van der Waals surface area contributed by atoms with E-state index in [2.05, 4.69) is 4.99 Å². The zero-order valence-corrected chi connectivity index (χ0v) is 13.2. The van der Waals surface area contributed by atoms with Crippen molar-refractivity contribution in [2.24, 2.45) is 12.0 Å². The maximum absolute atomic E-state index is 11.6. The van der Waals surface area contributed by atoms with Crippen molar-refractivity contribution in [2.75, 3.05) is 6.26 Å². The second kappa shape index (κ2) is 5.49. The number of hydrogen-bond donors (Lipinski definition) is 0. The summed E-state index contributed by atoms with van der Waals surface area (Å²) < 4.78 is 25.7. The summed E-state index contributed by atoms with van der Waals surface area (Å²) in [4.78, 5) is 16.5. The first-order valence-corrected chi connectivity index (χ1v) is 8.91. The van der Waals surface area contributed by atoms with E-state index in [0.717, 1.165) is 16.6 Å². The van der Waals surface area contributed by atoms with E-state index in [4.69, 9.17) is 0 Å². The van der Waals surface area contributed by atoms with Crippen LogP contribution in [0.2, 0.25) is 0 Å². The summed E-state index contributed by atoms with van der Waals surface area (Å²) in [5.41, 5.74) is 0.866. The average molecular weight is 312 g/mol. The molecule has 0 aliphatic heterocycles. The van der Waals surface area contributed by atoms with Gasteiger partial charge in [0.25, 0.3) is 0 Å². The van der Waals surface area contributed by atoms with Gasteiger partial charge < -0.3 is 4.57 Å². The van der Waals surface area contributed by atoms with Gasteiger partial charge in [-0.1, -0.05) is 18.3 Å². The van der Waals surface area contributed by atoms with Gasteiger partial charge in [0.1, 0.15) is 0 Å². The molecule has 108 valence electrons. The van der Waals surface area contributed by atoms with E-state index >= 15 is 0 Å². The molecule has 0 saturated heterocycles. The Hall–Kier alpha value is -1.47. The molecule has 1 aromatic heterocycles. The molecule has 2 aromatic rings. The van der Waals surface area contributed by atoms with Gasteiger partial charge in [-0.05, 0) is 24.6 Å². The van der Waals surface area contributed by atoms with Crippen LogP contribution < -0.4 is 4.80 Å². The predicted molar refractivity (Wildman–Crippen MR) is 79.4 cm³/mol. The van der Waals surface area contributed by atoms with Crippen molar-refractivity contribution in [3.63, 3.8) is 0 Å². The number of carbonyl (C=O) groups is 1. The summed E-state index contributed by atoms with van der Waals surface area (Å²) in [7, 11) is -1.41. The van der Waals surface area contributed by atoms with E-state index in [1.807, 2.05) is 14.0 Å². The highest BCUT2D eigenvalue weighted by Crippen LogP contribution is 2.21. The molecule has 0 radical (unpaired) electrons. The summed E-state index contributed by atoms with van der Waals surface area (Å²) in [6.07, 6.45) is 2.36. The lowest BCUT2D eigenvalue weighted by Gasteiger charge is -1.99. The zero-order chi connectivity index (χ0) is 14.9. The lowest BCUT2D eigenvalue weighted by atomic mass is 10.3. The highest BCUT2D eigenvalue weighted by molar-refractivity contribution is 7.90. The molecule has 1 aromatic carbocycles.